The summed E-state index contributed by atoms with van der Waals surface area (Å²) in [7, 11) is 0. The Kier molecular flexibility index (Phi) is 3.14. The molecule has 0 aromatic carbocycles. The second-order valence-corrected chi connectivity index (χ2v) is 5.18. The SMILES string of the molecule is N#Cc1c(-c2cc[nH+]cc2)c2c([nH]c1=S)CCCC2. The zero-order valence-electron chi connectivity index (χ0n) is 10.5. The highest BCUT2D eigenvalue weighted by atomic mass is 32.1. The molecule has 0 spiro atoms. The quantitative estimate of drug-likeness (QED) is 0.808. The highest BCUT2D eigenvalue weighted by Gasteiger charge is 2.20. The number of hydrogen-bond acceptors (Lipinski definition) is 2. The predicted molar refractivity (Wildman–Crippen MR) is 75.0 cm³/mol. The Hall–Kier alpha value is -1.99. The molecule has 0 saturated carbocycles. The van der Waals surface area contributed by atoms with Crippen LogP contribution in [0.25, 0.3) is 11.1 Å². The van der Waals surface area contributed by atoms with E-state index in [0.29, 0.717) is 10.2 Å². The molecule has 2 heterocycles. The smallest absolute Gasteiger partial charge is 0.167 e. The molecule has 2 aromatic rings. The maximum atomic E-state index is 9.42. The van der Waals surface area contributed by atoms with Gasteiger partial charge in [0.05, 0.1) is 5.56 Å². The summed E-state index contributed by atoms with van der Waals surface area (Å²) in [5, 5.41) is 9.42. The van der Waals surface area contributed by atoms with E-state index < -0.39 is 0 Å². The first-order chi connectivity index (χ1) is 9.31. The van der Waals surface area contributed by atoms with E-state index in [1.54, 1.807) is 0 Å². The van der Waals surface area contributed by atoms with Gasteiger partial charge >= 0.3 is 0 Å². The van der Waals surface area contributed by atoms with E-state index >= 15 is 0 Å². The number of aromatic amines is 2. The number of fused-ring (bicyclic) bond motifs is 1. The van der Waals surface area contributed by atoms with E-state index in [1.165, 1.54) is 24.1 Å². The molecule has 2 N–H and O–H groups in total. The van der Waals surface area contributed by atoms with Gasteiger partial charge in [-0.1, -0.05) is 12.2 Å². The van der Waals surface area contributed by atoms with Crippen molar-refractivity contribution in [3.63, 3.8) is 0 Å². The van der Waals surface area contributed by atoms with Gasteiger partial charge in [0.15, 0.2) is 12.4 Å². The van der Waals surface area contributed by atoms with E-state index in [9.17, 15) is 5.26 Å². The molecule has 0 atom stereocenters. The summed E-state index contributed by atoms with van der Waals surface area (Å²) in [6.45, 7) is 0. The minimum absolute atomic E-state index is 0.561. The van der Waals surface area contributed by atoms with Crippen molar-refractivity contribution in [2.75, 3.05) is 0 Å². The van der Waals surface area contributed by atoms with Crippen molar-refractivity contribution in [1.29, 1.82) is 5.26 Å². The summed E-state index contributed by atoms with van der Waals surface area (Å²) in [6.07, 6.45) is 8.16. The topological polar surface area (TPSA) is 53.7 Å². The van der Waals surface area contributed by atoms with E-state index in [4.69, 9.17) is 12.2 Å². The van der Waals surface area contributed by atoms with Crippen LogP contribution < -0.4 is 4.98 Å². The molecule has 1 aliphatic carbocycles. The number of nitrogens with zero attached hydrogens (tertiary/aromatic N) is 1. The van der Waals surface area contributed by atoms with Gasteiger partial charge in [0.2, 0.25) is 0 Å². The van der Waals surface area contributed by atoms with E-state index in [-0.39, 0.29) is 0 Å². The van der Waals surface area contributed by atoms with Gasteiger partial charge in [0.25, 0.3) is 0 Å². The second kappa shape index (κ2) is 4.94. The van der Waals surface area contributed by atoms with Crippen LogP contribution in [0, 0.1) is 16.0 Å². The normalized spacial score (nSPS) is 13.6. The van der Waals surface area contributed by atoms with Crippen molar-refractivity contribution in [3.05, 3.63) is 46.0 Å². The lowest BCUT2D eigenvalue weighted by atomic mass is 9.87. The number of H-pyrrole nitrogens is 2. The number of rotatable bonds is 1. The molecular formula is C15H14N3S+. The average molecular weight is 268 g/mol. The summed E-state index contributed by atoms with van der Waals surface area (Å²) in [5.41, 5.74) is 5.16. The van der Waals surface area contributed by atoms with Gasteiger partial charge in [-0.25, -0.2) is 4.98 Å². The van der Waals surface area contributed by atoms with Crippen molar-refractivity contribution >= 4 is 12.2 Å². The second-order valence-electron chi connectivity index (χ2n) is 4.77. The fourth-order valence-electron chi connectivity index (χ4n) is 2.76. The molecular weight excluding hydrogens is 254 g/mol. The molecule has 94 valence electrons. The molecule has 0 amide bonds. The molecule has 0 bridgehead atoms. The van der Waals surface area contributed by atoms with E-state index in [1.807, 2.05) is 24.5 Å². The van der Waals surface area contributed by atoms with Crippen LogP contribution in [0.3, 0.4) is 0 Å². The number of pyridine rings is 2. The van der Waals surface area contributed by atoms with Gasteiger partial charge in [-0.05, 0) is 36.8 Å². The first-order valence-corrected chi connectivity index (χ1v) is 6.86. The lowest BCUT2D eigenvalue weighted by Crippen LogP contribution is -2.10. The van der Waals surface area contributed by atoms with Crippen LogP contribution in [0.2, 0.25) is 0 Å². The largest absolute Gasteiger partial charge is 0.349 e. The molecule has 2 aromatic heterocycles. The fraction of sp³-hybridized carbons (Fsp3) is 0.267. The van der Waals surface area contributed by atoms with Crippen LogP contribution in [0.15, 0.2) is 24.5 Å². The van der Waals surface area contributed by atoms with Crippen molar-refractivity contribution in [2.24, 2.45) is 0 Å². The minimum atomic E-state index is 0.561. The molecule has 3 rings (SSSR count). The van der Waals surface area contributed by atoms with Crippen molar-refractivity contribution in [1.82, 2.24) is 4.98 Å². The number of hydrogen-bond donors (Lipinski definition) is 1. The third-order valence-corrected chi connectivity index (χ3v) is 3.94. The summed E-state index contributed by atoms with van der Waals surface area (Å²) in [5.74, 6) is 0. The molecule has 0 saturated heterocycles. The number of nitrogens with one attached hydrogen (secondary N) is 2. The molecule has 0 aliphatic heterocycles. The Labute approximate surface area is 116 Å². The van der Waals surface area contributed by atoms with Gasteiger partial charge in [-0.3, -0.25) is 0 Å². The van der Waals surface area contributed by atoms with Gasteiger partial charge in [-0.15, -0.1) is 0 Å². The minimum Gasteiger partial charge on any atom is -0.349 e. The lowest BCUT2D eigenvalue weighted by molar-refractivity contribution is -0.377. The fourth-order valence-corrected chi connectivity index (χ4v) is 3.03. The van der Waals surface area contributed by atoms with Gasteiger partial charge in [0.1, 0.15) is 10.7 Å². The van der Waals surface area contributed by atoms with Crippen LogP contribution in [-0.2, 0) is 12.8 Å². The van der Waals surface area contributed by atoms with Crippen molar-refractivity contribution in [3.8, 4) is 17.2 Å². The molecule has 19 heavy (non-hydrogen) atoms. The molecule has 0 radical (unpaired) electrons. The number of aromatic nitrogens is 2. The van der Waals surface area contributed by atoms with Crippen molar-refractivity contribution < 1.29 is 4.98 Å². The van der Waals surface area contributed by atoms with Crippen LogP contribution in [0.5, 0.6) is 0 Å². The monoisotopic (exact) mass is 268 g/mol. The third-order valence-electron chi connectivity index (χ3n) is 3.63. The Morgan fingerprint density at radius 3 is 2.68 bits per heavy atom. The van der Waals surface area contributed by atoms with Crippen LogP contribution in [0.1, 0.15) is 29.7 Å². The van der Waals surface area contributed by atoms with E-state index in [2.05, 4.69) is 16.0 Å². The maximum Gasteiger partial charge on any atom is 0.167 e. The van der Waals surface area contributed by atoms with Gasteiger partial charge in [0, 0.05) is 23.4 Å². The van der Waals surface area contributed by atoms with Gasteiger partial charge in [-0.2, -0.15) is 5.26 Å². The summed E-state index contributed by atoms with van der Waals surface area (Å²) in [6, 6.07) is 6.27. The summed E-state index contributed by atoms with van der Waals surface area (Å²) >= 11 is 5.34. The van der Waals surface area contributed by atoms with Crippen LogP contribution in [0.4, 0.5) is 0 Å². The lowest BCUT2D eigenvalue weighted by Gasteiger charge is -2.20. The average Bonchev–Trinajstić information content (AvgIpc) is 2.46. The maximum absolute atomic E-state index is 9.42. The predicted octanol–water partition coefficient (Wildman–Crippen LogP) is 2.98. The summed E-state index contributed by atoms with van der Waals surface area (Å²) in [4.78, 5) is 6.26. The first-order valence-electron chi connectivity index (χ1n) is 6.46. The Morgan fingerprint density at radius 2 is 1.95 bits per heavy atom. The highest BCUT2D eigenvalue weighted by Crippen LogP contribution is 2.33. The summed E-state index contributed by atoms with van der Waals surface area (Å²) < 4.78 is 0.561. The van der Waals surface area contributed by atoms with E-state index in [0.717, 1.165) is 24.0 Å². The third kappa shape index (κ3) is 2.06. The Balaban J connectivity index is 2.36. The van der Waals surface area contributed by atoms with Crippen molar-refractivity contribution in [2.45, 2.75) is 25.7 Å². The molecule has 4 heteroatoms. The highest BCUT2D eigenvalue weighted by molar-refractivity contribution is 7.71. The van der Waals surface area contributed by atoms with Gasteiger partial charge < -0.3 is 4.98 Å². The zero-order chi connectivity index (χ0) is 13.2. The zero-order valence-corrected chi connectivity index (χ0v) is 11.3. The number of nitriles is 1. The molecule has 0 fully saturated rings. The molecule has 1 aliphatic rings. The first kappa shape index (κ1) is 12.1. The Morgan fingerprint density at radius 1 is 1.21 bits per heavy atom. The molecule has 0 unspecified atom stereocenters. The Bertz CT molecular complexity index is 711. The number of aryl methyl sites for hydroxylation is 1. The molecule has 3 nitrogen and oxygen atoms in total. The van der Waals surface area contributed by atoms with Crippen LogP contribution >= 0.6 is 12.2 Å². The standard InChI is InChI=1S/C15H13N3S/c16-9-12-14(10-5-7-17-8-6-10)11-3-1-2-4-13(11)18-15(12)19/h5-8H,1-4H2,(H,18,19)/p+1. The van der Waals surface area contributed by atoms with Crippen LogP contribution in [-0.4, -0.2) is 4.98 Å².